The number of halogens is 1. The second-order valence-corrected chi connectivity index (χ2v) is 6.08. The van der Waals surface area contributed by atoms with Gasteiger partial charge >= 0.3 is 0 Å². The Hall–Kier alpha value is -2.34. The molecule has 1 atom stereocenters. The van der Waals surface area contributed by atoms with E-state index in [9.17, 15) is 4.79 Å². The number of nitrogens with one attached hydrogen (secondary N) is 1. The fourth-order valence-electron chi connectivity index (χ4n) is 3.06. The molecule has 1 N–H and O–H groups in total. The summed E-state index contributed by atoms with van der Waals surface area (Å²) in [4.78, 5) is 18.3. The molecule has 0 spiro atoms. The molecule has 6 nitrogen and oxygen atoms in total. The van der Waals surface area contributed by atoms with Crippen LogP contribution < -0.4 is 10.5 Å². The first-order valence-corrected chi connectivity index (χ1v) is 7.94. The molecular formula is C16H15ClN4O2. The zero-order chi connectivity index (χ0) is 15.8. The molecule has 1 aliphatic rings. The van der Waals surface area contributed by atoms with Crippen LogP contribution in [-0.4, -0.2) is 28.3 Å². The van der Waals surface area contributed by atoms with E-state index < -0.39 is 0 Å². The molecular weight excluding hydrogens is 316 g/mol. The minimum absolute atomic E-state index is 0.173. The molecule has 3 heterocycles. The zero-order valence-electron chi connectivity index (χ0n) is 12.3. The van der Waals surface area contributed by atoms with E-state index in [0.29, 0.717) is 12.2 Å². The SMILES string of the molecule is O=c1[nH]ncc(N2CCC[C@H](c3nc4ccccc4o3)C2)c1Cl. The number of hydrogen-bond donors (Lipinski definition) is 1. The average Bonchev–Trinajstić information content (AvgIpc) is 3.02. The molecule has 4 rings (SSSR count). The normalized spacial score (nSPS) is 18.5. The Morgan fingerprint density at radius 3 is 3.09 bits per heavy atom. The van der Waals surface area contributed by atoms with Crippen molar-refractivity contribution in [2.75, 3.05) is 18.0 Å². The summed E-state index contributed by atoms with van der Waals surface area (Å²) in [6.07, 6.45) is 3.57. The number of piperidine rings is 1. The highest BCUT2D eigenvalue weighted by atomic mass is 35.5. The first-order valence-electron chi connectivity index (χ1n) is 7.56. The van der Waals surface area contributed by atoms with Crippen molar-refractivity contribution in [2.45, 2.75) is 18.8 Å². The molecule has 3 aromatic rings. The van der Waals surface area contributed by atoms with Crippen LogP contribution in [0.15, 0.2) is 39.7 Å². The second kappa shape index (κ2) is 5.70. The van der Waals surface area contributed by atoms with Crippen molar-refractivity contribution in [1.82, 2.24) is 15.2 Å². The Kier molecular flexibility index (Phi) is 3.53. The van der Waals surface area contributed by atoms with Gasteiger partial charge in [-0.25, -0.2) is 10.1 Å². The largest absolute Gasteiger partial charge is 0.440 e. The van der Waals surface area contributed by atoms with Gasteiger partial charge in [-0.15, -0.1) is 0 Å². The topological polar surface area (TPSA) is 75.0 Å². The van der Waals surface area contributed by atoms with E-state index in [1.54, 1.807) is 6.20 Å². The van der Waals surface area contributed by atoms with E-state index in [1.165, 1.54) is 0 Å². The number of oxazole rings is 1. The number of nitrogens with zero attached hydrogens (tertiary/aromatic N) is 3. The van der Waals surface area contributed by atoms with Crippen molar-refractivity contribution in [3.05, 3.63) is 51.7 Å². The van der Waals surface area contributed by atoms with Crippen LogP contribution in [0.4, 0.5) is 5.69 Å². The number of rotatable bonds is 2. The molecule has 0 aliphatic carbocycles. The molecule has 0 bridgehead atoms. The standard InChI is InChI=1S/C16H15ClN4O2/c17-14-12(8-18-20-15(14)22)21-7-3-4-10(9-21)16-19-11-5-1-2-6-13(11)23-16/h1-2,5-6,8,10H,3-4,7,9H2,(H,20,22)/t10-/m0/s1. The minimum Gasteiger partial charge on any atom is -0.440 e. The lowest BCUT2D eigenvalue weighted by molar-refractivity contribution is 0.413. The summed E-state index contributed by atoms with van der Waals surface area (Å²) in [5, 5.41) is 6.37. The quantitative estimate of drug-likeness (QED) is 0.782. The van der Waals surface area contributed by atoms with Crippen LogP contribution in [0, 0.1) is 0 Å². The molecule has 0 saturated carbocycles. The zero-order valence-corrected chi connectivity index (χ0v) is 13.1. The summed E-state index contributed by atoms with van der Waals surface area (Å²) in [6, 6.07) is 7.75. The number of para-hydroxylation sites is 2. The molecule has 1 aromatic carbocycles. The Bertz CT molecular complexity index is 871. The Morgan fingerprint density at radius 1 is 1.35 bits per heavy atom. The summed E-state index contributed by atoms with van der Waals surface area (Å²) in [6.45, 7) is 1.54. The molecule has 7 heteroatoms. The van der Waals surface area contributed by atoms with Crippen molar-refractivity contribution >= 4 is 28.4 Å². The van der Waals surface area contributed by atoms with Gasteiger partial charge in [0.05, 0.1) is 17.8 Å². The van der Waals surface area contributed by atoms with E-state index in [-0.39, 0.29) is 16.5 Å². The fourth-order valence-corrected chi connectivity index (χ4v) is 3.27. The number of aromatic amines is 1. The molecule has 1 fully saturated rings. The molecule has 0 unspecified atom stereocenters. The lowest BCUT2D eigenvalue weighted by Gasteiger charge is -2.32. The van der Waals surface area contributed by atoms with Gasteiger partial charge < -0.3 is 9.32 Å². The highest BCUT2D eigenvalue weighted by Gasteiger charge is 2.27. The van der Waals surface area contributed by atoms with E-state index in [4.69, 9.17) is 16.0 Å². The third-order valence-corrected chi connectivity index (χ3v) is 4.56. The van der Waals surface area contributed by atoms with Crippen LogP contribution in [0.5, 0.6) is 0 Å². The van der Waals surface area contributed by atoms with Gasteiger partial charge in [0.1, 0.15) is 10.5 Å². The highest BCUT2D eigenvalue weighted by Crippen LogP contribution is 2.32. The molecule has 23 heavy (non-hydrogen) atoms. The molecule has 1 aliphatic heterocycles. The van der Waals surface area contributed by atoms with Crippen molar-refractivity contribution < 1.29 is 4.42 Å². The average molecular weight is 331 g/mol. The van der Waals surface area contributed by atoms with Crippen LogP contribution in [0.1, 0.15) is 24.7 Å². The van der Waals surface area contributed by atoms with Crippen LogP contribution >= 0.6 is 11.6 Å². The summed E-state index contributed by atoms with van der Waals surface area (Å²) >= 11 is 6.12. The van der Waals surface area contributed by atoms with E-state index in [1.807, 2.05) is 24.3 Å². The fraction of sp³-hybridized carbons (Fsp3) is 0.312. The second-order valence-electron chi connectivity index (χ2n) is 5.70. The number of aromatic nitrogens is 3. The number of benzene rings is 1. The van der Waals surface area contributed by atoms with Gasteiger partial charge in [-0.3, -0.25) is 4.79 Å². The van der Waals surface area contributed by atoms with Crippen LogP contribution in [0.25, 0.3) is 11.1 Å². The summed E-state index contributed by atoms with van der Waals surface area (Å²) in [7, 11) is 0. The van der Waals surface area contributed by atoms with E-state index in [0.717, 1.165) is 36.4 Å². The molecule has 1 saturated heterocycles. The van der Waals surface area contributed by atoms with Crippen LogP contribution in [-0.2, 0) is 0 Å². The third-order valence-electron chi connectivity index (χ3n) is 4.20. The van der Waals surface area contributed by atoms with Crippen molar-refractivity contribution in [3.63, 3.8) is 0 Å². The van der Waals surface area contributed by atoms with Gasteiger partial charge in [0.25, 0.3) is 5.56 Å². The number of anilines is 1. The Labute approximate surface area is 137 Å². The molecule has 118 valence electrons. The Balaban J connectivity index is 1.64. The van der Waals surface area contributed by atoms with Crippen molar-refractivity contribution in [3.8, 4) is 0 Å². The van der Waals surface area contributed by atoms with Gasteiger partial charge in [0, 0.05) is 13.1 Å². The summed E-state index contributed by atoms with van der Waals surface area (Å²) in [5.41, 5.74) is 1.97. The van der Waals surface area contributed by atoms with E-state index in [2.05, 4.69) is 20.1 Å². The lowest BCUT2D eigenvalue weighted by Crippen LogP contribution is -2.35. The number of hydrogen-bond acceptors (Lipinski definition) is 5. The summed E-state index contributed by atoms with van der Waals surface area (Å²) < 4.78 is 5.89. The van der Waals surface area contributed by atoms with E-state index >= 15 is 0 Å². The lowest BCUT2D eigenvalue weighted by atomic mass is 9.97. The maximum atomic E-state index is 11.6. The monoisotopic (exact) mass is 330 g/mol. The first kappa shape index (κ1) is 14.3. The molecule has 0 amide bonds. The summed E-state index contributed by atoms with van der Waals surface area (Å²) in [5.74, 6) is 0.913. The molecule has 2 aromatic heterocycles. The predicted molar refractivity (Wildman–Crippen MR) is 88.1 cm³/mol. The smallest absolute Gasteiger partial charge is 0.285 e. The van der Waals surface area contributed by atoms with Gasteiger partial charge in [-0.05, 0) is 25.0 Å². The highest BCUT2D eigenvalue weighted by molar-refractivity contribution is 6.33. The number of H-pyrrole nitrogens is 1. The Morgan fingerprint density at radius 2 is 2.22 bits per heavy atom. The maximum Gasteiger partial charge on any atom is 0.285 e. The van der Waals surface area contributed by atoms with Gasteiger partial charge in [0.2, 0.25) is 0 Å². The van der Waals surface area contributed by atoms with Gasteiger partial charge in [0.15, 0.2) is 11.5 Å². The van der Waals surface area contributed by atoms with Gasteiger partial charge in [-0.2, -0.15) is 5.10 Å². The molecule has 0 radical (unpaired) electrons. The maximum absolute atomic E-state index is 11.6. The number of fused-ring (bicyclic) bond motifs is 1. The first-order chi connectivity index (χ1) is 11.2. The predicted octanol–water partition coefficient (Wildman–Crippen LogP) is 2.95. The third kappa shape index (κ3) is 2.59. The van der Waals surface area contributed by atoms with Crippen LogP contribution in [0.2, 0.25) is 5.02 Å². The minimum atomic E-state index is -0.367. The van der Waals surface area contributed by atoms with Gasteiger partial charge in [-0.1, -0.05) is 23.7 Å². The van der Waals surface area contributed by atoms with Crippen molar-refractivity contribution in [2.24, 2.45) is 0 Å². The van der Waals surface area contributed by atoms with Crippen molar-refractivity contribution in [1.29, 1.82) is 0 Å². The van der Waals surface area contributed by atoms with Crippen LogP contribution in [0.3, 0.4) is 0 Å².